The van der Waals surface area contributed by atoms with Gasteiger partial charge in [-0.1, -0.05) is 6.07 Å². The molecule has 74 valence electrons. The van der Waals surface area contributed by atoms with Crippen molar-refractivity contribution in [3.8, 4) is 6.08 Å². The maximum atomic E-state index is 11.8. The van der Waals surface area contributed by atoms with Crippen molar-refractivity contribution in [2.45, 2.75) is 13.5 Å². The summed E-state index contributed by atoms with van der Waals surface area (Å²) >= 11 is 0. The molecule has 0 unspecified atom stereocenters. The number of aryl methyl sites for hydroxylation is 1. The molecule has 0 amide bonds. The van der Waals surface area contributed by atoms with Gasteiger partial charge in [-0.15, -0.1) is 0 Å². The van der Waals surface area contributed by atoms with E-state index in [1.54, 1.807) is 18.2 Å². The number of fused-ring (bicyclic) bond motifs is 1. The minimum Gasteiger partial charge on any atom is -0.409 e. The van der Waals surface area contributed by atoms with Crippen molar-refractivity contribution in [3.63, 3.8) is 0 Å². The predicted octanol–water partition coefficient (Wildman–Crippen LogP) is 2.74. The van der Waals surface area contributed by atoms with Gasteiger partial charge in [-0.05, 0) is 24.6 Å². The summed E-state index contributed by atoms with van der Waals surface area (Å²) in [5, 5.41) is 0. The summed E-state index contributed by atoms with van der Waals surface area (Å²) in [5.74, 6) is 0. The Morgan fingerprint density at radius 3 is 2.93 bits per heavy atom. The molecule has 0 aliphatic carbocycles. The van der Waals surface area contributed by atoms with E-state index in [1.165, 1.54) is 0 Å². The lowest BCUT2D eigenvalue weighted by atomic mass is 10.2. The Morgan fingerprint density at radius 1 is 1.43 bits per heavy atom. The number of alkyl halides is 2. The van der Waals surface area contributed by atoms with Crippen molar-refractivity contribution in [1.82, 2.24) is 4.98 Å². The third kappa shape index (κ3) is 1.66. The van der Waals surface area contributed by atoms with E-state index < -0.39 is 12.7 Å². The molecule has 2 aromatic rings. The van der Waals surface area contributed by atoms with Gasteiger partial charge in [-0.2, -0.15) is 13.8 Å². The molecule has 0 saturated carbocycles. The summed E-state index contributed by atoms with van der Waals surface area (Å²) in [6.45, 7) is -1.04. The molecule has 0 atom stereocenters. The maximum Gasteiger partial charge on any atom is 0.399 e. The molecule has 1 heterocycles. The second kappa shape index (κ2) is 3.25. The number of aromatic nitrogens is 1. The molecule has 3 nitrogen and oxygen atoms in total. The van der Waals surface area contributed by atoms with Crippen molar-refractivity contribution in [3.05, 3.63) is 23.8 Å². The molecule has 0 bridgehead atoms. The Balaban J connectivity index is 2.41. The Kier molecular flexibility index (Phi) is 2.07. The van der Waals surface area contributed by atoms with Crippen LogP contribution in [0.15, 0.2) is 22.6 Å². The molecule has 2 rings (SSSR count). The number of nitrogens with zero attached hydrogens (tertiary/aromatic N) is 1. The van der Waals surface area contributed by atoms with Crippen LogP contribution in [0, 0.1) is 6.92 Å². The van der Waals surface area contributed by atoms with Crippen LogP contribution in [0.2, 0.25) is 0 Å². The average Bonchev–Trinajstić information content (AvgIpc) is 2.44. The fourth-order valence-corrected chi connectivity index (χ4v) is 1.14. The molecule has 0 radical (unpaired) electrons. The van der Waals surface area contributed by atoms with Crippen LogP contribution in [-0.2, 0) is 0 Å². The van der Waals surface area contributed by atoms with Crippen molar-refractivity contribution in [2.24, 2.45) is 0 Å². The fraction of sp³-hybridized carbons (Fsp3) is 0.222. The lowest BCUT2D eigenvalue weighted by Crippen LogP contribution is -2.01. The smallest absolute Gasteiger partial charge is 0.399 e. The first-order valence-corrected chi connectivity index (χ1v) is 3.97. The molecule has 0 aliphatic rings. The van der Waals surface area contributed by atoms with E-state index >= 15 is 0 Å². The lowest BCUT2D eigenvalue weighted by Gasteiger charge is -1.94. The highest BCUT2D eigenvalue weighted by Gasteiger charge is 2.11. The van der Waals surface area contributed by atoms with E-state index in [4.69, 9.17) is 4.42 Å². The van der Waals surface area contributed by atoms with Crippen molar-refractivity contribution >= 4 is 11.1 Å². The third-order valence-corrected chi connectivity index (χ3v) is 1.71. The number of benzene rings is 1. The van der Waals surface area contributed by atoms with E-state index in [2.05, 4.69) is 9.72 Å². The number of oxazole rings is 1. The largest absolute Gasteiger partial charge is 0.409 e. The molecule has 0 fully saturated rings. The second-order valence-corrected chi connectivity index (χ2v) is 2.83. The van der Waals surface area contributed by atoms with Crippen LogP contribution in [0.3, 0.4) is 0 Å². The lowest BCUT2D eigenvalue weighted by molar-refractivity contribution is -0.0664. The first-order chi connectivity index (χ1) is 6.65. The zero-order valence-electron chi connectivity index (χ0n) is 7.33. The van der Waals surface area contributed by atoms with E-state index in [1.807, 2.05) is 6.92 Å². The Labute approximate surface area is 78.3 Å². The van der Waals surface area contributed by atoms with Crippen LogP contribution in [0.5, 0.6) is 6.08 Å². The molecular formula is C9H7F2NO2. The highest BCUT2D eigenvalue weighted by atomic mass is 19.3. The van der Waals surface area contributed by atoms with Gasteiger partial charge in [0.05, 0.1) is 0 Å². The second-order valence-electron chi connectivity index (χ2n) is 2.83. The van der Waals surface area contributed by atoms with Gasteiger partial charge in [0.1, 0.15) is 5.52 Å². The highest BCUT2D eigenvalue weighted by molar-refractivity contribution is 5.73. The summed E-state index contributed by atoms with van der Waals surface area (Å²) in [7, 11) is 0. The topological polar surface area (TPSA) is 35.3 Å². The quantitative estimate of drug-likeness (QED) is 0.745. The number of ether oxygens (including phenoxy) is 1. The minimum atomic E-state index is -2.91. The first kappa shape index (κ1) is 8.93. The molecule has 0 aliphatic heterocycles. The third-order valence-electron chi connectivity index (χ3n) is 1.71. The van der Waals surface area contributed by atoms with E-state index in [9.17, 15) is 8.78 Å². The Morgan fingerprint density at radius 2 is 2.21 bits per heavy atom. The van der Waals surface area contributed by atoms with Gasteiger partial charge in [0.15, 0.2) is 5.58 Å². The molecule has 0 saturated heterocycles. The summed E-state index contributed by atoms with van der Waals surface area (Å²) < 4.78 is 32.6. The summed E-state index contributed by atoms with van der Waals surface area (Å²) in [6, 6.07) is 5.20. The van der Waals surface area contributed by atoms with Gasteiger partial charge in [0, 0.05) is 0 Å². The van der Waals surface area contributed by atoms with Crippen LogP contribution in [0.4, 0.5) is 8.78 Å². The Hall–Kier alpha value is -1.65. The molecule has 5 heteroatoms. The molecule has 14 heavy (non-hydrogen) atoms. The molecular weight excluding hydrogens is 192 g/mol. The van der Waals surface area contributed by atoms with Gasteiger partial charge in [0.25, 0.3) is 0 Å². The van der Waals surface area contributed by atoms with Gasteiger partial charge >= 0.3 is 12.7 Å². The van der Waals surface area contributed by atoms with E-state index in [-0.39, 0.29) is 0 Å². The zero-order valence-corrected chi connectivity index (χ0v) is 7.33. The van der Waals surface area contributed by atoms with E-state index in [0.717, 1.165) is 5.56 Å². The summed E-state index contributed by atoms with van der Waals surface area (Å²) in [6.07, 6.45) is -0.402. The van der Waals surface area contributed by atoms with Crippen LogP contribution in [0.25, 0.3) is 11.1 Å². The highest BCUT2D eigenvalue weighted by Crippen LogP contribution is 2.22. The predicted molar refractivity (Wildman–Crippen MR) is 45.4 cm³/mol. The van der Waals surface area contributed by atoms with Crippen molar-refractivity contribution < 1.29 is 17.9 Å². The average molecular weight is 199 g/mol. The monoisotopic (exact) mass is 199 g/mol. The standard InChI is InChI=1S/C9H7F2NO2/c1-5-2-3-7-6(4-5)12-9(13-7)14-8(10)11/h2-4,8H,1H3. The minimum absolute atomic E-state index is 0.402. The van der Waals surface area contributed by atoms with Crippen LogP contribution in [0.1, 0.15) is 5.56 Å². The van der Waals surface area contributed by atoms with Crippen LogP contribution >= 0.6 is 0 Å². The van der Waals surface area contributed by atoms with Gasteiger partial charge < -0.3 is 9.15 Å². The molecule has 0 spiro atoms. The zero-order chi connectivity index (χ0) is 10.1. The Bertz CT molecular complexity index is 453. The van der Waals surface area contributed by atoms with Crippen molar-refractivity contribution in [2.75, 3.05) is 0 Å². The molecule has 0 N–H and O–H groups in total. The number of hydrogen-bond acceptors (Lipinski definition) is 3. The SMILES string of the molecule is Cc1ccc2oc(OC(F)F)nc2c1. The van der Waals surface area contributed by atoms with Gasteiger partial charge in [-0.3, -0.25) is 0 Å². The number of rotatable bonds is 2. The van der Waals surface area contributed by atoms with Crippen LogP contribution < -0.4 is 4.74 Å². The number of halogens is 2. The first-order valence-electron chi connectivity index (χ1n) is 3.97. The summed E-state index contributed by atoms with van der Waals surface area (Å²) in [5.41, 5.74) is 1.93. The molecule has 1 aromatic heterocycles. The van der Waals surface area contributed by atoms with Crippen LogP contribution in [-0.4, -0.2) is 11.6 Å². The molecule has 1 aromatic carbocycles. The van der Waals surface area contributed by atoms with Gasteiger partial charge in [-0.25, -0.2) is 0 Å². The van der Waals surface area contributed by atoms with Gasteiger partial charge in [0.2, 0.25) is 0 Å². The van der Waals surface area contributed by atoms with E-state index in [0.29, 0.717) is 11.1 Å². The normalized spacial score (nSPS) is 11.1. The maximum absolute atomic E-state index is 11.8. The fourth-order valence-electron chi connectivity index (χ4n) is 1.14. The summed E-state index contributed by atoms with van der Waals surface area (Å²) in [4.78, 5) is 3.74. The number of hydrogen-bond donors (Lipinski definition) is 0. The van der Waals surface area contributed by atoms with Crippen molar-refractivity contribution in [1.29, 1.82) is 0 Å².